The lowest BCUT2D eigenvalue weighted by atomic mass is 10.1. The maximum Gasteiger partial charge on any atom is 0.227 e. The molecule has 1 aliphatic rings. The van der Waals surface area contributed by atoms with Crippen molar-refractivity contribution in [1.82, 2.24) is 30.1 Å². The monoisotopic (exact) mass is 505 g/mol. The van der Waals surface area contributed by atoms with Gasteiger partial charge in [0.2, 0.25) is 5.91 Å². The van der Waals surface area contributed by atoms with Gasteiger partial charge in [-0.3, -0.25) is 19.9 Å². The molecule has 0 atom stereocenters. The number of nitrogens with zero attached hydrogens (tertiary/aromatic N) is 4. The van der Waals surface area contributed by atoms with Gasteiger partial charge in [0.1, 0.15) is 0 Å². The Balaban J connectivity index is 1.25. The highest BCUT2D eigenvalue weighted by Gasteiger charge is 2.23. The first-order chi connectivity index (χ1) is 18.2. The zero-order chi connectivity index (χ0) is 24.8. The van der Waals surface area contributed by atoms with Gasteiger partial charge in [0, 0.05) is 56.8 Å². The molecule has 6 heterocycles. The number of carbonyl (C=O) groups excluding carboxylic acids is 1. The fourth-order valence-electron chi connectivity index (χ4n) is 5.18. The van der Waals surface area contributed by atoms with Crippen LogP contribution in [0.15, 0.2) is 66.7 Å². The van der Waals surface area contributed by atoms with E-state index >= 15 is 0 Å². The number of aromatic nitrogens is 6. The van der Waals surface area contributed by atoms with Crippen LogP contribution >= 0.6 is 11.3 Å². The summed E-state index contributed by atoms with van der Waals surface area (Å²) in [5.41, 5.74) is 6.94. The highest BCUT2D eigenvalue weighted by Crippen LogP contribution is 2.36. The zero-order valence-corrected chi connectivity index (χ0v) is 20.7. The standard InChI is InChI=1S/C28H23N7OS/c36-28(16-4-1-2-5-16)32-19-8-17(11-29-13-19)18-9-21-26(34-35-27(21)31-12-18)23-10-20-22(25-6-3-7-37-25)14-30-15-24(20)33-23/h3,6-16,33H,1-2,4-5H2,(H,32,36)(H,31,34,35). The lowest BCUT2D eigenvalue weighted by Crippen LogP contribution is -2.20. The number of pyridine rings is 3. The van der Waals surface area contributed by atoms with Gasteiger partial charge < -0.3 is 10.3 Å². The van der Waals surface area contributed by atoms with Crippen molar-refractivity contribution in [1.29, 1.82) is 0 Å². The van der Waals surface area contributed by atoms with Crippen LogP contribution in [0.3, 0.4) is 0 Å². The molecule has 1 fully saturated rings. The molecule has 1 saturated carbocycles. The summed E-state index contributed by atoms with van der Waals surface area (Å²) in [4.78, 5) is 30.7. The summed E-state index contributed by atoms with van der Waals surface area (Å²) in [6.45, 7) is 0. The number of amides is 1. The lowest BCUT2D eigenvalue weighted by molar-refractivity contribution is -0.119. The van der Waals surface area contributed by atoms with E-state index in [2.05, 4.69) is 59.0 Å². The van der Waals surface area contributed by atoms with E-state index in [9.17, 15) is 4.79 Å². The molecule has 8 nitrogen and oxygen atoms in total. The number of H-pyrrole nitrogens is 2. The van der Waals surface area contributed by atoms with Crippen LogP contribution < -0.4 is 5.32 Å². The summed E-state index contributed by atoms with van der Waals surface area (Å²) in [5, 5.41) is 14.7. The fraction of sp³-hybridized carbons (Fsp3) is 0.179. The summed E-state index contributed by atoms with van der Waals surface area (Å²) in [7, 11) is 0. The number of hydrogen-bond acceptors (Lipinski definition) is 6. The molecular formula is C28H23N7OS. The molecule has 182 valence electrons. The predicted molar refractivity (Wildman–Crippen MR) is 146 cm³/mol. The minimum atomic E-state index is 0.0809. The lowest BCUT2D eigenvalue weighted by Gasteiger charge is -2.11. The first-order valence-electron chi connectivity index (χ1n) is 12.3. The number of carbonyl (C=O) groups is 1. The first-order valence-corrected chi connectivity index (χ1v) is 13.2. The van der Waals surface area contributed by atoms with E-state index in [1.807, 2.05) is 24.5 Å². The molecule has 0 spiro atoms. The van der Waals surface area contributed by atoms with Crippen LogP contribution in [0.25, 0.3) is 54.9 Å². The molecule has 0 radical (unpaired) electrons. The normalized spacial score (nSPS) is 14.1. The van der Waals surface area contributed by atoms with E-state index in [1.54, 1.807) is 29.9 Å². The van der Waals surface area contributed by atoms with E-state index in [0.717, 1.165) is 70.1 Å². The van der Waals surface area contributed by atoms with Crippen LogP contribution in [0.1, 0.15) is 25.7 Å². The smallest absolute Gasteiger partial charge is 0.227 e. The van der Waals surface area contributed by atoms with Crippen molar-refractivity contribution in [2.24, 2.45) is 5.92 Å². The summed E-state index contributed by atoms with van der Waals surface area (Å²) in [5.74, 6) is 0.180. The number of hydrogen-bond donors (Lipinski definition) is 3. The number of rotatable bonds is 5. The van der Waals surface area contributed by atoms with Gasteiger partial charge in [0.05, 0.1) is 35.0 Å². The van der Waals surface area contributed by atoms with Crippen LogP contribution in [0.4, 0.5) is 5.69 Å². The Morgan fingerprint density at radius 2 is 1.84 bits per heavy atom. The molecule has 0 aromatic carbocycles. The second-order valence-corrected chi connectivity index (χ2v) is 10.4. The van der Waals surface area contributed by atoms with Crippen LogP contribution in [0.5, 0.6) is 0 Å². The van der Waals surface area contributed by atoms with Crippen molar-refractivity contribution in [3.05, 3.63) is 66.7 Å². The maximum absolute atomic E-state index is 12.6. The summed E-state index contributed by atoms with van der Waals surface area (Å²) in [6, 6.07) is 10.3. The predicted octanol–water partition coefficient (Wildman–Crippen LogP) is 6.42. The van der Waals surface area contributed by atoms with E-state index in [0.29, 0.717) is 11.3 Å². The molecular weight excluding hydrogens is 482 g/mol. The van der Waals surface area contributed by atoms with Gasteiger partial charge in [-0.05, 0) is 42.5 Å². The van der Waals surface area contributed by atoms with Crippen LogP contribution in [-0.4, -0.2) is 36.0 Å². The maximum atomic E-state index is 12.6. The number of thiophene rings is 1. The molecule has 0 unspecified atom stereocenters. The van der Waals surface area contributed by atoms with Crippen molar-refractivity contribution >= 4 is 44.9 Å². The number of fused-ring (bicyclic) bond motifs is 2. The van der Waals surface area contributed by atoms with Crippen LogP contribution in [-0.2, 0) is 4.79 Å². The summed E-state index contributed by atoms with van der Waals surface area (Å²) in [6.07, 6.45) is 13.2. The Bertz CT molecular complexity index is 1750. The Morgan fingerprint density at radius 3 is 2.70 bits per heavy atom. The Kier molecular flexibility index (Phi) is 5.28. The van der Waals surface area contributed by atoms with Crippen molar-refractivity contribution in [3.8, 4) is 33.0 Å². The third-order valence-electron chi connectivity index (χ3n) is 7.08. The molecule has 7 rings (SSSR count). The number of aromatic amines is 2. The molecule has 3 N–H and O–H groups in total. The highest BCUT2D eigenvalue weighted by atomic mass is 32.1. The molecule has 0 aliphatic heterocycles. The van der Waals surface area contributed by atoms with Gasteiger partial charge in [-0.15, -0.1) is 11.3 Å². The molecule has 6 aromatic rings. The third kappa shape index (κ3) is 3.97. The second kappa shape index (κ2) is 8.94. The van der Waals surface area contributed by atoms with Gasteiger partial charge in [-0.25, -0.2) is 4.98 Å². The molecule has 6 aromatic heterocycles. The Labute approximate surface area is 216 Å². The fourth-order valence-corrected chi connectivity index (χ4v) is 5.93. The molecule has 0 saturated heterocycles. The van der Waals surface area contributed by atoms with E-state index in [-0.39, 0.29) is 11.8 Å². The summed E-state index contributed by atoms with van der Waals surface area (Å²) < 4.78 is 0. The average molecular weight is 506 g/mol. The van der Waals surface area contributed by atoms with Crippen molar-refractivity contribution in [3.63, 3.8) is 0 Å². The third-order valence-corrected chi connectivity index (χ3v) is 7.98. The number of anilines is 1. The Hall–Kier alpha value is -4.37. The minimum absolute atomic E-state index is 0.0809. The zero-order valence-electron chi connectivity index (χ0n) is 19.9. The molecule has 0 bridgehead atoms. The number of nitrogens with one attached hydrogen (secondary N) is 3. The molecule has 9 heteroatoms. The van der Waals surface area contributed by atoms with Gasteiger partial charge in [-0.2, -0.15) is 5.10 Å². The highest BCUT2D eigenvalue weighted by molar-refractivity contribution is 7.13. The van der Waals surface area contributed by atoms with Gasteiger partial charge in [-0.1, -0.05) is 18.9 Å². The second-order valence-electron chi connectivity index (χ2n) is 9.44. The molecule has 37 heavy (non-hydrogen) atoms. The van der Waals surface area contributed by atoms with Crippen LogP contribution in [0.2, 0.25) is 0 Å². The van der Waals surface area contributed by atoms with Crippen LogP contribution in [0, 0.1) is 5.92 Å². The van der Waals surface area contributed by atoms with Gasteiger partial charge >= 0.3 is 0 Å². The minimum Gasteiger partial charge on any atom is -0.352 e. The Morgan fingerprint density at radius 1 is 0.973 bits per heavy atom. The van der Waals surface area contributed by atoms with E-state index in [4.69, 9.17) is 0 Å². The van der Waals surface area contributed by atoms with Crippen molar-refractivity contribution in [2.75, 3.05) is 5.32 Å². The van der Waals surface area contributed by atoms with Crippen molar-refractivity contribution < 1.29 is 4.79 Å². The van der Waals surface area contributed by atoms with E-state index in [1.165, 1.54) is 4.88 Å². The largest absolute Gasteiger partial charge is 0.352 e. The van der Waals surface area contributed by atoms with Gasteiger partial charge in [0.15, 0.2) is 5.65 Å². The van der Waals surface area contributed by atoms with Gasteiger partial charge in [0.25, 0.3) is 0 Å². The summed E-state index contributed by atoms with van der Waals surface area (Å²) >= 11 is 1.70. The SMILES string of the molecule is O=C(Nc1cncc(-c2cnc3n[nH]c(-c4cc5c(-c6cccs6)cncc5[nH]4)c3c2)c1)C1CCCC1. The topological polar surface area (TPSA) is 112 Å². The van der Waals surface area contributed by atoms with E-state index < -0.39 is 0 Å². The molecule has 1 aliphatic carbocycles. The molecule has 1 amide bonds. The average Bonchev–Trinajstić information content (AvgIpc) is 3.74. The van der Waals surface area contributed by atoms with Crippen molar-refractivity contribution in [2.45, 2.75) is 25.7 Å². The quantitative estimate of drug-likeness (QED) is 0.250. The first kappa shape index (κ1) is 21.9.